The smallest absolute Gasteiger partial charge is 0.255 e. The monoisotopic (exact) mass is 324 g/mol. The maximum absolute atomic E-state index is 12.3. The molecule has 0 spiro atoms. The summed E-state index contributed by atoms with van der Waals surface area (Å²) in [5, 5.41) is 3.29. The van der Waals surface area contributed by atoms with Crippen LogP contribution in [0.1, 0.15) is 10.4 Å². The Balaban J connectivity index is 1.60. The molecule has 0 aromatic carbocycles. The summed E-state index contributed by atoms with van der Waals surface area (Å²) in [6.45, 7) is 5.73. The molecular formula is C13H17BrN4O. The van der Waals surface area contributed by atoms with Crippen molar-refractivity contribution in [2.75, 3.05) is 39.3 Å². The number of halogens is 1. The van der Waals surface area contributed by atoms with Gasteiger partial charge in [0.1, 0.15) is 0 Å². The van der Waals surface area contributed by atoms with E-state index in [1.54, 1.807) is 12.4 Å². The fraction of sp³-hybridized carbons (Fsp3) is 0.538. The van der Waals surface area contributed by atoms with Crippen molar-refractivity contribution < 1.29 is 4.79 Å². The number of piperazine rings is 1. The third kappa shape index (κ3) is 2.80. The van der Waals surface area contributed by atoms with Crippen LogP contribution in [0.3, 0.4) is 0 Å². The summed E-state index contributed by atoms with van der Waals surface area (Å²) in [4.78, 5) is 20.8. The summed E-state index contributed by atoms with van der Waals surface area (Å²) in [6, 6.07) is 2.50. The highest BCUT2D eigenvalue weighted by atomic mass is 79.9. The summed E-state index contributed by atoms with van der Waals surface area (Å²) < 4.78 is 0.845. The van der Waals surface area contributed by atoms with Crippen LogP contribution in [-0.4, -0.2) is 66.0 Å². The summed E-state index contributed by atoms with van der Waals surface area (Å²) in [7, 11) is 0. The minimum absolute atomic E-state index is 0.0835. The first kappa shape index (κ1) is 13.0. The Labute approximate surface area is 121 Å². The van der Waals surface area contributed by atoms with E-state index in [2.05, 4.69) is 31.1 Å². The average molecular weight is 325 g/mol. The van der Waals surface area contributed by atoms with Gasteiger partial charge < -0.3 is 10.2 Å². The van der Waals surface area contributed by atoms with Crippen LogP contribution in [0, 0.1) is 0 Å². The summed E-state index contributed by atoms with van der Waals surface area (Å²) in [5.41, 5.74) is 0.660. The van der Waals surface area contributed by atoms with E-state index in [1.807, 2.05) is 11.0 Å². The fourth-order valence-electron chi connectivity index (χ4n) is 2.53. The van der Waals surface area contributed by atoms with Crippen molar-refractivity contribution in [1.29, 1.82) is 0 Å². The van der Waals surface area contributed by atoms with E-state index in [1.165, 1.54) is 0 Å². The van der Waals surface area contributed by atoms with Crippen LogP contribution in [0.2, 0.25) is 0 Å². The normalized spacial score (nSPS) is 21.2. The Hall–Kier alpha value is -0.980. The number of carbonyl (C=O) groups is 1. The van der Waals surface area contributed by atoms with E-state index in [0.717, 1.165) is 43.7 Å². The first-order valence-corrected chi connectivity index (χ1v) is 7.38. The second-order valence-corrected chi connectivity index (χ2v) is 5.95. The highest BCUT2D eigenvalue weighted by Crippen LogP contribution is 2.14. The predicted molar refractivity (Wildman–Crippen MR) is 76.1 cm³/mol. The Kier molecular flexibility index (Phi) is 3.81. The van der Waals surface area contributed by atoms with Crippen molar-refractivity contribution in [2.24, 2.45) is 0 Å². The molecule has 2 fully saturated rings. The molecule has 0 aliphatic carbocycles. The third-order valence-electron chi connectivity index (χ3n) is 3.83. The summed E-state index contributed by atoms with van der Waals surface area (Å²) in [6.07, 6.45) is 3.33. The number of hydrogen-bond donors (Lipinski definition) is 1. The van der Waals surface area contributed by atoms with Gasteiger partial charge in [-0.15, -0.1) is 0 Å². The minimum Gasteiger partial charge on any atom is -0.336 e. The Morgan fingerprint density at radius 2 is 2.00 bits per heavy atom. The van der Waals surface area contributed by atoms with Gasteiger partial charge in [0.15, 0.2) is 0 Å². The lowest BCUT2D eigenvalue weighted by atomic mass is 10.1. The van der Waals surface area contributed by atoms with Crippen LogP contribution >= 0.6 is 15.9 Å². The lowest BCUT2D eigenvalue weighted by Gasteiger charge is -2.43. The Morgan fingerprint density at radius 1 is 1.26 bits per heavy atom. The molecule has 1 N–H and O–H groups in total. The molecule has 3 heterocycles. The molecule has 5 nitrogen and oxygen atoms in total. The maximum atomic E-state index is 12.3. The minimum atomic E-state index is 0.0835. The number of rotatable bonds is 2. The highest BCUT2D eigenvalue weighted by Gasteiger charge is 2.29. The van der Waals surface area contributed by atoms with Crippen molar-refractivity contribution in [3.63, 3.8) is 0 Å². The van der Waals surface area contributed by atoms with Gasteiger partial charge in [0.25, 0.3) is 5.91 Å². The molecule has 1 aromatic heterocycles. The van der Waals surface area contributed by atoms with Gasteiger partial charge in [-0.2, -0.15) is 0 Å². The molecular weight excluding hydrogens is 308 g/mol. The van der Waals surface area contributed by atoms with Gasteiger partial charge in [-0.1, -0.05) is 0 Å². The van der Waals surface area contributed by atoms with Crippen molar-refractivity contribution in [3.8, 4) is 0 Å². The number of pyridine rings is 1. The first-order valence-electron chi connectivity index (χ1n) is 6.58. The van der Waals surface area contributed by atoms with E-state index < -0.39 is 0 Å². The van der Waals surface area contributed by atoms with E-state index in [0.29, 0.717) is 11.6 Å². The van der Waals surface area contributed by atoms with Crippen LogP contribution in [0.5, 0.6) is 0 Å². The summed E-state index contributed by atoms with van der Waals surface area (Å²) >= 11 is 3.35. The number of carbonyl (C=O) groups excluding carboxylic acids is 1. The van der Waals surface area contributed by atoms with Crippen molar-refractivity contribution in [2.45, 2.75) is 6.04 Å². The van der Waals surface area contributed by atoms with Gasteiger partial charge >= 0.3 is 0 Å². The molecule has 2 aliphatic rings. The van der Waals surface area contributed by atoms with Crippen LogP contribution in [-0.2, 0) is 0 Å². The van der Waals surface area contributed by atoms with E-state index >= 15 is 0 Å². The van der Waals surface area contributed by atoms with Gasteiger partial charge in [0.05, 0.1) is 5.56 Å². The Bertz CT molecular complexity index is 469. The fourth-order valence-corrected chi connectivity index (χ4v) is 2.90. The topological polar surface area (TPSA) is 48.5 Å². The van der Waals surface area contributed by atoms with E-state index in [-0.39, 0.29) is 5.91 Å². The zero-order valence-electron chi connectivity index (χ0n) is 10.7. The number of amides is 1. The Morgan fingerprint density at radius 3 is 2.58 bits per heavy atom. The standard InChI is InChI=1S/C13H17BrN4O/c14-11-5-10(6-15-7-11)13(19)18-3-1-17(2-4-18)12-8-16-9-12/h5-7,12,16H,1-4,8-9H2. The van der Waals surface area contributed by atoms with Crippen molar-refractivity contribution >= 4 is 21.8 Å². The molecule has 6 heteroatoms. The van der Waals surface area contributed by atoms with Gasteiger partial charge in [0.2, 0.25) is 0 Å². The van der Waals surface area contributed by atoms with Gasteiger partial charge in [-0.25, -0.2) is 0 Å². The van der Waals surface area contributed by atoms with Crippen LogP contribution in [0.4, 0.5) is 0 Å². The van der Waals surface area contributed by atoms with E-state index in [9.17, 15) is 4.79 Å². The number of aromatic nitrogens is 1. The molecule has 3 rings (SSSR count). The quantitative estimate of drug-likeness (QED) is 0.864. The number of nitrogens with zero attached hydrogens (tertiary/aromatic N) is 3. The number of nitrogens with one attached hydrogen (secondary N) is 1. The number of hydrogen-bond acceptors (Lipinski definition) is 4. The molecule has 2 saturated heterocycles. The zero-order valence-corrected chi connectivity index (χ0v) is 12.3. The second-order valence-electron chi connectivity index (χ2n) is 5.03. The largest absolute Gasteiger partial charge is 0.336 e. The SMILES string of the molecule is O=C(c1cncc(Br)c1)N1CCN(C2CNC2)CC1. The molecule has 19 heavy (non-hydrogen) atoms. The molecule has 0 unspecified atom stereocenters. The average Bonchev–Trinajstić information content (AvgIpc) is 2.37. The van der Waals surface area contributed by atoms with E-state index in [4.69, 9.17) is 0 Å². The molecule has 0 radical (unpaired) electrons. The van der Waals surface area contributed by atoms with Crippen molar-refractivity contribution in [3.05, 3.63) is 28.5 Å². The molecule has 102 valence electrons. The van der Waals surface area contributed by atoms with Gasteiger partial charge in [-0.3, -0.25) is 14.7 Å². The highest BCUT2D eigenvalue weighted by molar-refractivity contribution is 9.10. The van der Waals surface area contributed by atoms with Crippen LogP contribution in [0.25, 0.3) is 0 Å². The zero-order chi connectivity index (χ0) is 13.2. The summed E-state index contributed by atoms with van der Waals surface area (Å²) in [5.74, 6) is 0.0835. The van der Waals surface area contributed by atoms with Gasteiger partial charge in [0, 0.05) is 62.2 Å². The van der Waals surface area contributed by atoms with Crippen molar-refractivity contribution in [1.82, 2.24) is 20.1 Å². The third-order valence-corrected chi connectivity index (χ3v) is 4.26. The molecule has 0 saturated carbocycles. The lowest BCUT2D eigenvalue weighted by Crippen LogP contribution is -2.62. The molecule has 1 amide bonds. The van der Waals surface area contributed by atoms with Crippen LogP contribution < -0.4 is 5.32 Å². The second kappa shape index (κ2) is 5.56. The molecule has 2 aliphatic heterocycles. The van der Waals surface area contributed by atoms with Gasteiger partial charge in [-0.05, 0) is 22.0 Å². The predicted octanol–water partition coefficient (Wildman–Crippen LogP) is 0.574. The molecule has 0 atom stereocenters. The maximum Gasteiger partial charge on any atom is 0.255 e. The lowest BCUT2D eigenvalue weighted by molar-refractivity contribution is 0.0501. The first-order chi connectivity index (χ1) is 9.24. The molecule has 0 bridgehead atoms. The van der Waals surface area contributed by atoms with Crippen LogP contribution in [0.15, 0.2) is 22.9 Å². The molecule has 1 aromatic rings.